The molecule has 2 N–H and O–H groups in total. The quantitative estimate of drug-likeness (QED) is 0.657. The summed E-state index contributed by atoms with van der Waals surface area (Å²) in [6.45, 7) is 4.27. The van der Waals surface area contributed by atoms with Crippen molar-refractivity contribution in [2.24, 2.45) is 5.92 Å². The molecule has 0 spiro atoms. The van der Waals surface area contributed by atoms with Crippen molar-refractivity contribution in [3.63, 3.8) is 0 Å². The highest BCUT2D eigenvalue weighted by atomic mass is 79.9. The number of H-pyrrole nitrogens is 1. The summed E-state index contributed by atoms with van der Waals surface area (Å²) in [7, 11) is 0. The highest BCUT2D eigenvalue weighted by molar-refractivity contribution is 9.10. The summed E-state index contributed by atoms with van der Waals surface area (Å²) in [5.41, 5.74) is 4.32. The molecule has 27 heavy (non-hydrogen) atoms. The van der Waals surface area contributed by atoms with E-state index in [0.717, 1.165) is 40.8 Å². The molecule has 1 aromatic heterocycles. The first kappa shape index (κ1) is 18.0. The number of aromatic amines is 1. The molecule has 5 nitrogen and oxygen atoms in total. The van der Waals surface area contributed by atoms with Crippen molar-refractivity contribution in [1.82, 2.24) is 15.3 Å². The van der Waals surface area contributed by atoms with Crippen LogP contribution in [0.1, 0.15) is 24.0 Å². The molecular formula is C21H23BrN4O. The van der Waals surface area contributed by atoms with Gasteiger partial charge in [0.05, 0.1) is 17.0 Å². The van der Waals surface area contributed by atoms with E-state index in [2.05, 4.69) is 50.2 Å². The van der Waals surface area contributed by atoms with Crippen LogP contribution in [0.15, 0.2) is 46.9 Å². The highest BCUT2D eigenvalue weighted by Gasteiger charge is 2.27. The Morgan fingerprint density at radius 2 is 2.19 bits per heavy atom. The number of halogens is 1. The number of fused-ring (bicyclic) bond motifs is 1. The minimum Gasteiger partial charge on any atom is -0.352 e. The molecule has 0 saturated carbocycles. The van der Waals surface area contributed by atoms with Crippen molar-refractivity contribution in [1.29, 1.82) is 0 Å². The van der Waals surface area contributed by atoms with Crippen LogP contribution >= 0.6 is 15.9 Å². The molecule has 4 rings (SSSR count). The first-order chi connectivity index (χ1) is 13.1. The van der Waals surface area contributed by atoms with Crippen molar-refractivity contribution in [3.05, 3.63) is 58.1 Å². The number of benzene rings is 2. The Labute approximate surface area is 167 Å². The summed E-state index contributed by atoms with van der Waals surface area (Å²) >= 11 is 3.49. The van der Waals surface area contributed by atoms with Gasteiger partial charge in [0.1, 0.15) is 0 Å². The van der Waals surface area contributed by atoms with Crippen molar-refractivity contribution < 1.29 is 4.79 Å². The maximum Gasteiger partial charge on any atom is 0.225 e. The molecule has 2 aromatic carbocycles. The molecular weight excluding hydrogens is 404 g/mol. The summed E-state index contributed by atoms with van der Waals surface area (Å²) in [6, 6.07) is 14.2. The number of carbonyl (C=O) groups excluding carboxylic acids is 1. The van der Waals surface area contributed by atoms with Gasteiger partial charge in [0.2, 0.25) is 11.9 Å². The lowest BCUT2D eigenvalue weighted by atomic mass is 9.97. The van der Waals surface area contributed by atoms with E-state index in [1.807, 2.05) is 30.3 Å². The second kappa shape index (κ2) is 7.72. The van der Waals surface area contributed by atoms with E-state index in [-0.39, 0.29) is 11.8 Å². The van der Waals surface area contributed by atoms with Crippen LogP contribution in [0.5, 0.6) is 0 Å². The molecule has 3 aromatic rings. The summed E-state index contributed by atoms with van der Waals surface area (Å²) in [4.78, 5) is 23.0. The SMILES string of the molecule is Cc1ccccc1CNC(=O)C1CCCN(c2nc3ccc(Br)cc3[nH]2)C1. The maximum absolute atomic E-state index is 12.7. The Morgan fingerprint density at radius 3 is 3.04 bits per heavy atom. The van der Waals surface area contributed by atoms with Crippen LogP contribution in [-0.4, -0.2) is 29.0 Å². The molecule has 1 aliphatic rings. The monoisotopic (exact) mass is 426 g/mol. The molecule has 1 amide bonds. The lowest BCUT2D eigenvalue weighted by Gasteiger charge is -2.31. The number of hydrogen-bond acceptors (Lipinski definition) is 3. The predicted molar refractivity (Wildman–Crippen MR) is 112 cm³/mol. The van der Waals surface area contributed by atoms with Gasteiger partial charge in [0.15, 0.2) is 0 Å². The van der Waals surface area contributed by atoms with E-state index >= 15 is 0 Å². The van der Waals surface area contributed by atoms with E-state index in [4.69, 9.17) is 4.98 Å². The number of piperidine rings is 1. The van der Waals surface area contributed by atoms with Crippen LogP contribution in [0.25, 0.3) is 11.0 Å². The number of hydrogen-bond donors (Lipinski definition) is 2. The number of carbonyl (C=O) groups is 1. The standard InChI is InChI=1S/C21H23BrN4O/c1-14-5-2-3-6-15(14)12-23-20(27)16-7-4-10-26(13-16)21-24-18-9-8-17(22)11-19(18)25-21/h2-3,5-6,8-9,11,16H,4,7,10,12-13H2,1H3,(H,23,27)(H,24,25). The summed E-state index contributed by atoms with van der Waals surface area (Å²) in [5, 5.41) is 3.11. The second-order valence-electron chi connectivity index (χ2n) is 7.15. The number of nitrogens with zero attached hydrogens (tertiary/aromatic N) is 2. The summed E-state index contributed by atoms with van der Waals surface area (Å²) < 4.78 is 1.03. The number of imidazole rings is 1. The molecule has 1 fully saturated rings. The van der Waals surface area contributed by atoms with Gasteiger partial charge in [-0.25, -0.2) is 4.98 Å². The number of anilines is 1. The molecule has 2 heterocycles. The smallest absolute Gasteiger partial charge is 0.225 e. The molecule has 1 aliphatic heterocycles. The molecule has 0 aliphatic carbocycles. The van der Waals surface area contributed by atoms with E-state index < -0.39 is 0 Å². The van der Waals surface area contributed by atoms with Gasteiger partial charge >= 0.3 is 0 Å². The predicted octanol–water partition coefficient (Wildman–Crippen LogP) is 4.17. The van der Waals surface area contributed by atoms with Crippen molar-refractivity contribution in [2.75, 3.05) is 18.0 Å². The Balaban J connectivity index is 1.42. The average Bonchev–Trinajstić information content (AvgIpc) is 3.10. The van der Waals surface area contributed by atoms with Gasteiger partial charge in [-0.3, -0.25) is 4.79 Å². The van der Waals surface area contributed by atoms with Gasteiger partial charge in [-0.05, 0) is 49.1 Å². The molecule has 1 saturated heterocycles. The zero-order chi connectivity index (χ0) is 18.8. The number of rotatable bonds is 4. The minimum absolute atomic E-state index is 0.0114. The molecule has 1 unspecified atom stereocenters. The summed E-state index contributed by atoms with van der Waals surface area (Å²) in [5.74, 6) is 0.962. The van der Waals surface area contributed by atoms with Crippen molar-refractivity contribution >= 4 is 38.8 Å². The zero-order valence-corrected chi connectivity index (χ0v) is 16.9. The number of aryl methyl sites for hydroxylation is 1. The Hall–Kier alpha value is -2.34. The van der Waals surface area contributed by atoms with Gasteiger partial charge in [-0.1, -0.05) is 40.2 Å². The van der Waals surface area contributed by atoms with Gasteiger partial charge < -0.3 is 15.2 Å². The van der Waals surface area contributed by atoms with E-state index in [1.54, 1.807) is 0 Å². The summed E-state index contributed by atoms with van der Waals surface area (Å²) in [6.07, 6.45) is 1.91. The minimum atomic E-state index is -0.0114. The molecule has 0 radical (unpaired) electrons. The average molecular weight is 427 g/mol. The third-order valence-electron chi connectivity index (χ3n) is 5.24. The Morgan fingerprint density at radius 1 is 1.33 bits per heavy atom. The first-order valence-corrected chi connectivity index (χ1v) is 10.1. The van der Waals surface area contributed by atoms with Crippen molar-refractivity contribution in [3.8, 4) is 0 Å². The van der Waals surface area contributed by atoms with Gasteiger partial charge in [0, 0.05) is 24.1 Å². The van der Waals surface area contributed by atoms with Gasteiger partial charge in [-0.15, -0.1) is 0 Å². The number of nitrogens with one attached hydrogen (secondary N) is 2. The van der Waals surface area contributed by atoms with Crippen LogP contribution in [0.3, 0.4) is 0 Å². The third-order valence-corrected chi connectivity index (χ3v) is 5.73. The van der Waals surface area contributed by atoms with Crippen LogP contribution in [0, 0.1) is 12.8 Å². The molecule has 6 heteroatoms. The van der Waals surface area contributed by atoms with E-state index in [1.165, 1.54) is 11.1 Å². The first-order valence-electron chi connectivity index (χ1n) is 9.32. The fourth-order valence-electron chi connectivity index (χ4n) is 3.64. The van der Waals surface area contributed by atoms with E-state index in [9.17, 15) is 4.79 Å². The van der Waals surface area contributed by atoms with Crippen LogP contribution < -0.4 is 10.2 Å². The van der Waals surface area contributed by atoms with Crippen LogP contribution in [-0.2, 0) is 11.3 Å². The maximum atomic E-state index is 12.7. The van der Waals surface area contributed by atoms with Crippen LogP contribution in [0.2, 0.25) is 0 Å². The fourth-order valence-corrected chi connectivity index (χ4v) is 4.00. The molecule has 1 atom stereocenters. The normalized spacial score (nSPS) is 17.3. The Kier molecular flexibility index (Phi) is 5.16. The van der Waals surface area contributed by atoms with Gasteiger partial charge in [0.25, 0.3) is 0 Å². The zero-order valence-electron chi connectivity index (χ0n) is 15.3. The Bertz CT molecular complexity index is 968. The lowest BCUT2D eigenvalue weighted by Crippen LogP contribution is -2.43. The van der Waals surface area contributed by atoms with Crippen LogP contribution in [0.4, 0.5) is 5.95 Å². The fraction of sp³-hybridized carbons (Fsp3) is 0.333. The van der Waals surface area contributed by atoms with E-state index in [0.29, 0.717) is 13.1 Å². The highest BCUT2D eigenvalue weighted by Crippen LogP contribution is 2.25. The topological polar surface area (TPSA) is 61.0 Å². The molecule has 140 valence electrons. The van der Waals surface area contributed by atoms with Crippen molar-refractivity contribution in [2.45, 2.75) is 26.3 Å². The number of amides is 1. The molecule has 0 bridgehead atoms. The largest absolute Gasteiger partial charge is 0.352 e. The lowest BCUT2D eigenvalue weighted by molar-refractivity contribution is -0.125. The number of aromatic nitrogens is 2. The van der Waals surface area contributed by atoms with Gasteiger partial charge in [-0.2, -0.15) is 0 Å². The second-order valence-corrected chi connectivity index (χ2v) is 8.07. The third kappa shape index (κ3) is 4.00.